The number of rotatable bonds is 6. The second-order valence-corrected chi connectivity index (χ2v) is 5.56. The minimum Gasteiger partial charge on any atom is -0.489 e. The van der Waals surface area contributed by atoms with Crippen LogP contribution in [0.3, 0.4) is 0 Å². The average molecular weight is 330 g/mol. The predicted molar refractivity (Wildman–Crippen MR) is 98.4 cm³/mol. The fourth-order valence-corrected chi connectivity index (χ4v) is 2.55. The Morgan fingerprint density at radius 3 is 1.96 bits per heavy atom. The molecule has 0 aliphatic rings. The summed E-state index contributed by atoms with van der Waals surface area (Å²) in [6, 6.07) is 26.9. The SMILES string of the molecule is O=C(O)C=C(c1ccccc1)c1ccc(OCc2ccccc2)cc1. The summed E-state index contributed by atoms with van der Waals surface area (Å²) in [4.78, 5) is 11.2. The van der Waals surface area contributed by atoms with Gasteiger partial charge in [-0.25, -0.2) is 4.79 Å². The molecule has 3 nitrogen and oxygen atoms in total. The summed E-state index contributed by atoms with van der Waals surface area (Å²) in [5.74, 6) is -0.224. The van der Waals surface area contributed by atoms with Gasteiger partial charge in [0.05, 0.1) is 0 Å². The molecule has 124 valence electrons. The lowest BCUT2D eigenvalue weighted by Gasteiger charge is -2.10. The number of hydrogen-bond donors (Lipinski definition) is 1. The Hall–Kier alpha value is -3.33. The van der Waals surface area contributed by atoms with Crippen molar-refractivity contribution in [3.63, 3.8) is 0 Å². The van der Waals surface area contributed by atoms with Crippen LogP contribution in [-0.4, -0.2) is 11.1 Å². The molecule has 0 amide bonds. The van der Waals surface area contributed by atoms with Crippen molar-refractivity contribution >= 4 is 11.5 Å². The summed E-state index contributed by atoms with van der Waals surface area (Å²) in [5, 5.41) is 9.17. The molecule has 3 heteroatoms. The van der Waals surface area contributed by atoms with Gasteiger partial charge >= 0.3 is 5.97 Å². The largest absolute Gasteiger partial charge is 0.489 e. The summed E-state index contributed by atoms with van der Waals surface area (Å²) in [6.07, 6.45) is 1.23. The van der Waals surface area contributed by atoms with Crippen molar-refractivity contribution in [2.24, 2.45) is 0 Å². The minimum atomic E-state index is -0.969. The van der Waals surface area contributed by atoms with E-state index in [0.717, 1.165) is 22.4 Å². The first kappa shape index (κ1) is 16.5. The zero-order chi connectivity index (χ0) is 17.5. The molecule has 0 aromatic heterocycles. The fourth-order valence-electron chi connectivity index (χ4n) is 2.55. The Morgan fingerprint density at radius 1 is 0.800 bits per heavy atom. The highest BCUT2D eigenvalue weighted by molar-refractivity contribution is 5.95. The molecule has 0 atom stereocenters. The molecule has 0 spiro atoms. The maximum atomic E-state index is 11.2. The summed E-state index contributed by atoms with van der Waals surface area (Å²) in [5.41, 5.74) is 3.47. The van der Waals surface area contributed by atoms with Gasteiger partial charge in [-0.2, -0.15) is 0 Å². The molecule has 0 bridgehead atoms. The molecule has 0 saturated carbocycles. The maximum Gasteiger partial charge on any atom is 0.328 e. The molecule has 25 heavy (non-hydrogen) atoms. The molecule has 0 saturated heterocycles. The van der Waals surface area contributed by atoms with E-state index in [-0.39, 0.29) is 0 Å². The Kier molecular flexibility index (Phi) is 5.27. The maximum absolute atomic E-state index is 11.2. The summed E-state index contributed by atoms with van der Waals surface area (Å²) in [6.45, 7) is 0.497. The number of carboxylic acids is 1. The van der Waals surface area contributed by atoms with E-state index < -0.39 is 5.97 Å². The van der Waals surface area contributed by atoms with E-state index in [2.05, 4.69) is 0 Å². The molecule has 1 N–H and O–H groups in total. The van der Waals surface area contributed by atoms with Crippen LogP contribution in [0, 0.1) is 0 Å². The zero-order valence-corrected chi connectivity index (χ0v) is 13.6. The predicted octanol–water partition coefficient (Wildman–Crippen LogP) is 4.78. The number of aliphatic carboxylic acids is 1. The average Bonchev–Trinajstić information content (AvgIpc) is 2.66. The number of carboxylic acid groups (broad SMARTS) is 1. The zero-order valence-electron chi connectivity index (χ0n) is 13.6. The van der Waals surface area contributed by atoms with Crippen molar-refractivity contribution in [3.05, 3.63) is 108 Å². The highest BCUT2D eigenvalue weighted by Crippen LogP contribution is 2.25. The highest BCUT2D eigenvalue weighted by atomic mass is 16.5. The lowest BCUT2D eigenvalue weighted by Crippen LogP contribution is -1.97. The lowest BCUT2D eigenvalue weighted by molar-refractivity contribution is -0.131. The molecule has 0 radical (unpaired) electrons. The van der Waals surface area contributed by atoms with Crippen LogP contribution in [0.2, 0.25) is 0 Å². The van der Waals surface area contributed by atoms with Crippen molar-refractivity contribution < 1.29 is 14.6 Å². The van der Waals surface area contributed by atoms with Gasteiger partial charge in [0.25, 0.3) is 0 Å². The van der Waals surface area contributed by atoms with Crippen LogP contribution < -0.4 is 4.74 Å². The van der Waals surface area contributed by atoms with Crippen molar-refractivity contribution in [2.45, 2.75) is 6.61 Å². The minimum absolute atomic E-state index is 0.497. The monoisotopic (exact) mass is 330 g/mol. The molecule has 3 aromatic carbocycles. The van der Waals surface area contributed by atoms with Gasteiger partial charge in [-0.05, 0) is 34.4 Å². The summed E-state index contributed by atoms with van der Waals surface area (Å²) in [7, 11) is 0. The van der Waals surface area contributed by atoms with Crippen LogP contribution in [0.15, 0.2) is 91.0 Å². The molecule has 0 aliphatic carbocycles. The van der Waals surface area contributed by atoms with Gasteiger partial charge in [0.15, 0.2) is 0 Å². The smallest absolute Gasteiger partial charge is 0.328 e. The Labute approximate surface area is 146 Å². The van der Waals surface area contributed by atoms with Crippen LogP contribution in [0.1, 0.15) is 16.7 Å². The van der Waals surface area contributed by atoms with E-state index in [9.17, 15) is 9.90 Å². The Balaban J connectivity index is 1.78. The fraction of sp³-hybridized carbons (Fsp3) is 0.0455. The third-order valence-electron chi connectivity index (χ3n) is 3.77. The van der Waals surface area contributed by atoms with Crippen LogP contribution in [-0.2, 0) is 11.4 Å². The van der Waals surface area contributed by atoms with Gasteiger partial charge in [0, 0.05) is 6.08 Å². The summed E-state index contributed by atoms with van der Waals surface area (Å²) >= 11 is 0. The number of benzene rings is 3. The molecule has 3 aromatic rings. The number of carbonyl (C=O) groups is 1. The lowest BCUT2D eigenvalue weighted by atomic mass is 9.97. The standard InChI is InChI=1S/C22H18O3/c23-22(24)15-21(18-9-5-2-6-10-18)19-11-13-20(14-12-19)25-16-17-7-3-1-4-8-17/h1-15H,16H2,(H,23,24). The third-order valence-corrected chi connectivity index (χ3v) is 3.77. The van der Waals surface area contributed by atoms with E-state index in [4.69, 9.17) is 4.74 Å². The number of hydrogen-bond acceptors (Lipinski definition) is 2. The normalized spacial score (nSPS) is 11.1. The van der Waals surface area contributed by atoms with Crippen LogP contribution in [0.4, 0.5) is 0 Å². The Morgan fingerprint density at radius 2 is 1.36 bits per heavy atom. The topological polar surface area (TPSA) is 46.5 Å². The van der Waals surface area contributed by atoms with Gasteiger partial charge in [0.1, 0.15) is 12.4 Å². The highest BCUT2D eigenvalue weighted by Gasteiger charge is 2.07. The van der Waals surface area contributed by atoms with Crippen LogP contribution in [0.5, 0.6) is 5.75 Å². The van der Waals surface area contributed by atoms with Gasteiger partial charge in [-0.1, -0.05) is 72.8 Å². The molecule has 0 fully saturated rings. The molecule has 0 heterocycles. The number of ether oxygens (including phenoxy) is 1. The van der Waals surface area contributed by atoms with Crippen molar-refractivity contribution in [1.82, 2.24) is 0 Å². The molecule has 0 unspecified atom stereocenters. The van der Waals surface area contributed by atoms with E-state index in [1.807, 2.05) is 84.9 Å². The molecule has 3 rings (SSSR count). The van der Waals surface area contributed by atoms with E-state index in [1.54, 1.807) is 0 Å². The second-order valence-electron chi connectivity index (χ2n) is 5.56. The second kappa shape index (κ2) is 7.97. The molecular formula is C22H18O3. The van der Waals surface area contributed by atoms with Gasteiger partial charge in [-0.3, -0.25) is 0 Å². The quantitative estimate of drug-likeness (QED) is 0.662. The van der Waals surface area contributed by atoms with E-state index in [0.29, 0.717) is 12.2 Å². The first-order valence-electron chi connectivity index (χ1n) is 7.99. The van der Waals surface area contributed by atoms with Gasteiger partial charge in [0.2, 0.25) is 0 Å². The van der Waals surface area contributed by atoms with Gasteiger partial charge < -0.3 is 9.84 Å². The van der Waals surface area contributed by atoms with Crippen LogP contribution >= 0.6 is 0 Å². The van der Waals surface area contributed by atoms with Gasteiger partial charge in [-0.15, -0.1) is 0 Å². The first-order chi connectivity index (χ1) is 12.2. The first-order valence-corrected chi connectivity index (χ1v) is 7.99. The molecule has 0 aliphatic heterocycles. The van der Waals surface area contributed by atoms with E-state index >= 15 is 0 Å². The van der Waals surface area contributed by atoms with Crippen molar-refractivity contribution in [2.75, 3.05) is 0 Å². The van der Waals surface area contributed by atoms with Crippen LogP contribution in [0.25, 0.3) is 5.57 Å². The van der Waals surface area contributed by atoms with Crippen molar-refractivity contribution in [3.8, 4) is 5.75 Å². The summed E-state index contributed by atoms with van der Waals surface area (Å²) < 4.78 is 5.78. The van der Waals surface area contributed by atoms with E-state index in [1.165, 1.54) is 6.08 Å². The Bertz CT molecular complexity index is 851. The van der Waals surface area contributed by atoms with Crippen molar-refractivity contribution in [1.29, 1.82) is 0 Å². The third kappa shape index (κ3) is 4.58. The molecular weight excluding hydrogens is 312 g/mol.